The van der Waals surface area contributed by atoms with E-state index in [2.05, 4.69) is 17.6 Å². The maximum Gasteiger partial charge on any atom is 0.255 e. The van der Waals surface area contributed by atoms with Crippen molar-refractivity contribution in [2.75, 3.05) is 7.05 Å². The molecule has 0 radical (unpaired) electrons. The largest absolute Gasteiger partial charge is 0.337 e. The van der Waals surface area contributed by atoms with Gasteiger partial charge in [0.1, 0.15) is 0 Å². The van der Waals surface area contributed by atoms with Crippen LogP contribution in [0, 0.1) is 0 Å². The van der Waals surface area contributed by atoms with Crippen LogP contribution in [0.2, 0.25) is 0 Å². The van der Waals surface area contributed by atoms with Crippen LogP contribution in [0.25, 0.3) is 0 Å². The fraction of sp³-hybridized carbons (Fsp3) is 0.143. The standard InChI is InChI=1S/C14H14N2OS/c1-16(10-11-5-4-8-15-9-11)14(17)12-6-2-3-7-13(12)18/h2-9,18H,10H2,1H3. The minimum atomic E-state index is -0.0375. The topological polar surface area (TPSA) is 33.2 Å². The quantitative estimate of drug-likeness (QED) is 0.859. The summed E-state index contributed by atoms with van der Waals surface area (Å²) in [5.74, 6) is -0.0375. The van der Waals surface area contributed by atoms with Crippen molar-refractivity contribution in [1.29, 1.82) is 0 Å². The highest BCUT2D eigenvalue weighted by Gasteiger charge is 2.14. The zero-order valence-corrected chi connectivity index (χ0v) is 11.0. The Kier molecular flexibility index (Phi) is 3.99. The van der Waals surface area contributed by atoms with E-state index in [1.54, 1.807) is 30.4 Å². The molecule has 1 amide bonds. The molecule has 3 nitrogen and oxygen atoms in total. The van der Waals surface area contributed by atoms with Crippen LogP contribution in [0.3, 0.4) is 0 Å². The first-order valence-corrected chi connectivity index (χ1v) is 6.05. The van der Waals surface area contributed by atoms with Crippen LogP contribution in [0.15, 0.2) is 53.7 Å². The number of pyridine rings is 1. The number of nitrogens with zero attached hydrogens (tertiary/aromatic N) is 2. The van der Waals surface area contributed by atoms with E-state index in [0.29, 0.717) is 17.0 Å². The van der Waals surface area contributed by atoms with Crippen molar-refractivity contribution in [2.45, 2.75) is 11.4 Å². The molecule has 1 heterocycles. The molecule has 2 rings (SSSR count). The van der Waals surface area contributed by atoms with E-state index in [4.69, 9.17) is 0 Å². The van der Waals surface area contributed by atoms with Crippen LogP contribution < -0.4 is 0 Å². The highest BCUT2D eigenvalue weighted by molar-refractivity contribution is 7.80. The summed E-state index contributed by atoms with van der Waals surface area (Å²) in [6.45, 7) is 0.536. The number of rotatable bonds is 3. The molecule has 0 saturated carbocycles. The lowest BCUT2D eigenvalue weighted by Gasteiger charge is -2.17. The monoisotopic (exact) mass is 258 g/mol. The SMILES string of the molecule is CN(Cc1cccnc1)C(=O)c1ccccc1S. The van der Waals surface area contributed by atoms with Gasteiger partial charge in [-0.05, 0) is 23.8 Å². The maximum atomic E-state index is 12.2. The summed E-state index contributed by atoms with van der Waals surface area (Å²) < 4.78 is 0. The van der Waals surface area contributed by atoms with Crippen LogP contribution in [0.4, 0.5) is 0 Å². The fourth-order valence-electron chi connectivity index (χ4n) is 1.70. The number of hydrogen-bond donors (Lipinski definition) is 1. The van der Waals surface area contributed by atoms with Gasteiger partial charge in [-0.3, -0.25) is 9.78 Å². The lowest BCUT2D eigenvalue weighted by molar-refractivity contribution is 0.0781. The van der Waals surface area contributed by atoms with Crippen LogP contribution >= 0.6 is 12.6 Å². The average molecular weight is 258 g/mol. The normalized spacial score (nSPS) is 10.1. The third-order valence-corrected chi connectivity index (χ3v) is 3.01. The first kappa shape index (κ1) is 12.6. The molecule has 0 saturated heterocycles. The number of hydrogen-bond acceptors (Lipinski definition) is 3. The van der Waals surface area contributed by atoms with Gasteiger partial charge in [-0.2, -0.15) is 0 Å². The molecule has 0 fully saturated rings. The molecule has 0 aliphatic carbocycles. The molecule has 1 aromatic heterocycles. The average Bonchev–Trinajstić information content (AvgIpc) is 2.39. The van der Waals surface area contributed by atoms with Crippen molar-refractivity contribution in [1.82, 2.24) is 9.88 Å². The Morgan fingerprint density at radius 1 is 1.28 bits per heavy atom. The number of carbonyl (C=O) groups is 1. The van der Waals surface area contributed by atoms with Crippen molar-refractivity contribution in [3.63, 3.8) is 0 Å². The van der Waals surface area contributed by atoms with Crippen molar-refractivity contribution in [3.8, 4) is 0 Å². The van der Waals surface area contributed by atoms with Crippen molar-refractivity contribution in [2.24, 2.45) is 0 Å². The second-order valence-electron chi connectivity index (χ2n) is 4.04. The second-order valence-corrected chi connectivity index (χ2v) is 4.52. The van der Waals surface area contributed by atoms with Gasteiger partial charge in [0.15, 0.2) is 0 Å². The lowest BCUT2D eigenvalue weighted by atomic mass is 10.2. The Bertz CT molecular complexity index is 543. The third-order valence-electron chi connectivity index (χ3n) is 2.62. The Balaban J connectivity index is 2.13. The molecule has 0 N–H and O–H groups in total. The first-order chi connectivity index (χ1) is 8.68. The molecule has 0 aliphatic rings. The van der Waals surface area contributed by atoms with Gasteiger partial charge in [-0.15, -0.1) is 12.6 Å². The van der Waals surface area contributed by atoms with E-state index < -0.39 is 0 Å². The van der Waals surface area contributed by atoms with E-state index in [-0.39, 0.29) is 5.91 Å². The molecule has 1 aromatic carbocycles. The predicted octanol–water partition coefficient (Wildman–Crippen LogP) is 2.64. The number of carbonyl (C=O) groups excluding carboxylic acids is 1. The van der Waals surface area contributed by atoms with Gasteiger partial charge in [0.2, 0.25) is 0 Å². The zero-order valence-electron chi connectivity index (χ0n) is 10.1. The summed E-state index contributed by atoms with van der Waals surface area (Å²) in [5, 5.41) is 0. The Labute approximate surface area is 112 Å². The van der Waals surface area contributed by atoms with E-state index >= 15 is 0 Å². The molecule has 0 bridgehead atoms. The van der Waals surface area contributed by atoms with Crippen molar-refractivity contribution in [3.05, 3.63) is 59.9 Å². The van der Waals surface area contributed by atoms with Gasteiger partial charge in [-0.1, -0.05) is 18.2 Å². The molecule has 0 spiro atoms. The lowest BCUT2D eigenvalue weighted by Crippen LogP contribution is -2.26. The van der Waals surface area contributed by atoms with Crippen LogP contribution in [0.1, 0.15) is 15.9 Å². The molecule has 0 unspecified atom stereocenters. The number of amides is 1. The van der Waals surface area contributed by atoms with Gasteiger partial charge >= 0.3 is 0 Å². The Morgan fingerprint density at radius 2 is 2.06 bits per heavy atom. The molecule has 0 atom stereocenters. The smallest absolute Gasteiger partial charge is 0.255 e. The van der Waals surface area contributed by atoms with Crippen LogP contribution in [-0.4, -0.2) is 22.8 Å². The summed E-state index contributed by atoms with van der Waals surface area (Å²) in [6, 6.07) is 11.1. The molecular weight excluding hydrogens is 244 g/mol. The van der Waals surface area contributed by atoms with Crippen LogP contribution in [0.5, 0.6) is 0 Å². The Hall–Kier alpha value is -1.81. The molecule has 18 heavy (non-hydrogen) atoms. The highest BCUT2D eigenvalue weighted by atomic mass is 32.1. The summed E-state index contributed by atoms with van der Waals surface area (Å²) in [5.41, 5.74) is 1.62. The highest BCUT2D eigenvalue weighted by Crippen LogP contribution is 2.15. The second kappa shape index (κ2) is 5.69. The number of benzene rings is 1. The molecule has 92 valence electrons. The summed E-state index contributed by atoms with van der Waals surface area (Å²) in [6.07, 6.45) is 3.48. The number of aromatic nitrogens is 1. The Morgan fingerprint density at radius 3 is 2.72 bits per heavy atom. The van der Waals surface area contributed by atoms with Gasteiger partial charge in [-0.25, -0.2) is 0 Å². The first-order valence-electron chi connectivity index (χ1n) is 5.61. The number of thiol groups is 1. The maximum absolute atomic E-state index is 12.2. The van der Waals surface area contributed by atoms with Gasteiger partial charge in [0, 0.05) is 30.9 Å². The molecule has 4 heteroatoms. The summed E-state index contributed by atoms with van der Waals surface area (Å²) in [4.78, 5) is 18.6. The van der Waals surface area contributed by atoms with E-state index in [1.807, 2.05) is 30.3 Å². The summed E-state index contributed by atoms with van der Waals surface area (Å²) >= 11 is 4.30. The van der Waals surface area contributed by atoms with E-state index in [0.717, 1.165) is 5.56 Å². The molecule has 0 aliphatic heterocycles. The van der Waals surface area contributed by atoms with Crippen molar-refractivity contribution >= 4 is 18.5 Å². The van der Waals surface area contributed by atoms with Crippen molar-refractivity contribution < 1.29 is 4.79 Å². The predicted molar refractivity (Wildman–Crippen MR) is 73.7 cm³/mol. The van der Waals surface area contributed by atoms with Gasteiger partial charge in [0.05, 0.1) is 5.56 Å². The van der Waals surface area contributed by atoms with Gasteiger partial charge < -0.3 is 4.90 Å². The van der Waals surface area contributed by atoms with Crippen LogP contribution in [-0.2, 0) is 6.54 Å². The minimum absolute atomic E-state index is 0.0375. The van der Waals surface area contributed by atoms with Gasteiger partial charge in [0.25, 0.3) is 5.91 Å². The zero-order chi connectivity index (χ0) is 13.0. The molecular formula is C14H14N2OS. The van der Waals surface area contributed by atoms with E-state index in [9.17, 15) is 4.79 Å². The fourth-order valence-corrected chi connectivity index (χ4v) is 1.95. The minimum Gasteiger partial charge on any atom is -0.337 e. The summed E-state index contributed by atoms with van der Waals surface area (Å²) in [7, 11) is 1.77. The van der Waals surface area contributed by atoms with E-state index in [1.165, 1.54) is 0 Å². The third kappa shape index (κ3) is 2.90. The molecule has 2 aromatic rings.